The maximum Gasteiger partial charge on any atom is 0.261 e. The number of amides is 1. The van der Waals surface area contributed by atoms with Gasteiger partial charge in [-0.1, -0.05) is 99.6 Å². The number of aromatic nitrogens is 4. The zero-order valence-electron chi connectivity index (χ0n) is 27.4. The molecule has 10 nitrogen and oxygen atoms in total. The lowest BCUT2D eigenvalue weighted by atomic mass is 9.92. The van der Waals surface area contributed by atoms with Gasteiger partial charge in [0.05, 0.1) is 12.9 Å². The summed E-state index contributed by atoms with van der Waals surface area (Å²) in [6.07, 6.45) is 5.92. The van der Waals surface area contributed by atoms with Crippen LogP contribution in [-0.2, 0) is 13.9 Å². The number of anilines is 1. The maximum absolute atomic E-state index is 12.9. The van der Waals surface area contributed by atoms with Crippen LogP contribution in [0.15, 0.2) is 104 Å². The summed E-state index contributed by atoms with van der Waals surface area (Å²) in [7, 11) is -1.48. The Labute approximate surface area is 281 Å². The largest absolute Gasteiger partial charge is 0.404 e. The number of nitrogens with zero attached hydrogens (tertiary/aromatic N) is 4. The van der Waals surface area contributed by atoms with E-state index in [1.165, 1.54) is 19.8 Å². The number of carbonyl (C=O) groups excluding carboxylic acids is 1. The van der Waals surface area contributed by atoms with Crippen molar-refractivity contribution in [3.05, 3.63) is 109 Å². The van der Waals surface area contributed by atoms with Gasteiger partial charge in [-0.3, -0.25) is 9.36 Å². The van der Waals surface area contributed by atoms with Crippen molar-refractivity contribution in [3.8, 4) is 12.3 Å². The van der Waals surface area contributed by atoms with Crippen molar-refractivity contribution >= 4 is 41.6 Å². The summed E-state index contributed by atoms with van der Waals surface area (Å²) >= 11 is 0. The number of terminal acetylenes is 1. The van der Waals surface area contributed by atoms with Gasteiger partial charge < -0.3 is 24.3 Å². The zero-order chi connectivity index (χ0) is 33.9. The van der Waals surface area contributed by atoms with Gasteiger partial charge in [0, 0.05) is 19.1 Å². The second-order valence-corrected chi connectivity index (χ2v) is 17.2. The number of imidazole rings is 1. The normalized spacial score (nSPS) is 21.2. The third-order valence-electron chi connectivity index (χ3n) is 8.98. The van der Waals surface area contributed by atoms with E-state index in [1.807, 2.05) is 42.5 Å². The molecule has 2 aromatic heterocycles. The van der Waals surface area contributed by atoms with Gasteiger partial charge in [0.2, 0.25) is 0 Å². The van der Waals surface area contributed by atoms with E-state index < -0.39 is 32.4 Å². The van der Waals surface area contributed by atoms with Crippen LogP contribution in [-0.4, -0.2) is 70.4 Å². The van der Waals surface area contributed by atoms with Crippen LogP contribution >= 0.6 is 0 Å². The number of rotatable bonds is 10. The van der Waals surface area contributed by atoms with E-state index in [1.54, 1.807) is 28.8 Å². The van der Waals surface area contributed by atoms with E-state index in [2.05, 4.69) is 71.2 Å². The first kappa shape index (κ1) is 33.2. The molecule has 1 aliphatic rings. The van der Waals surface area contributed by atoms with Crippen LogP contribution in [0.4, 0.5) is 5.82 Å². The van der Waals surface area contributed by atoms with Gasteiger partial charge in [0.15, 0.2) is 23.2 Å². The highest BCUT2D eigenvalue weighted by atomic mass is 28.4. The van der Waals surface area contributed by atoms with Gasteiger partial charge in [-0.05, 0) is 27.5 Å². The summed E-state index contributed by atoms with van der Waals surface area (Å²) in [6.45, 7) is 6.63. The Bertz CT molecular complexity index is 1870. The van der Waals surface area contributed by atoms with Crippen molar-refractivity contribution < 1.29 is 23.8 Å². The number of hydrogen-bond acceptors (Lipinski definition) is 8. The van der Waals surface area contributed by atoms with Crippen molar-refractivity contribution in [2.75, 3.05) is 19.0 Å². The van der Waals surface area contributed by atoms with E-state index in [0.29, 0.717) is 16.7 Å². The fourth-order valence-electron chi connectivity index (χ4n) is 6.79. The molecule has 0 radical (unpaired) electrons. The molecule has 1 fully saturated rings. The van der Waals surface area contributed by atoms with Gasteiger partial charge in [0.1, 0.15) is 24.1 Å². The Hall–Kier alpha value is -4.70. The highest BCUT2D eigenvalue weighted by Gasteiger charge is 2.59. The molecule has 48 heavy (non-hydrogen) atoms. The van der Waals surface area contributed by atoms with Crippen LogP contribution in [0.5, 0.6) is 0 Å². The fourth-order valence-corrected chi connectivity index (χ4v) is 11.4. The van der Waals surface area contributed by atoms with Crippen molar-refractivity contribution in [1.82, 2.24) is 19.5 Å². The Morgan fingerprint density at radius 3 is 2.17 bits per heavy atom. The van der Waals surface area contributed by atoms with E-state index in [4.69, 9.17) is 20.3 Å². The molecule has 0 unspecified atom stereocenters. The first-order chi connectivity index (χ1) is 23.1. The molecular weight excluding hydrogens is 623 g/mol. The second-order valence-electron chi connectivity index (χ2n) is 12.9. The molecule has 3 aromatic carbocycles. The third kappa shape index (κ3) is 5.82. The van der Waals surface area contributed by atoms with Crippen LogP contribution in [0.3, 0.4) is 0 Å². The van der Waals surface area contributed by atoms with Gasteiger partial charge in [-0.2, -0.15) is 0 Å². The molecule has 0 saturated carbocycles. The van der Waals surface area contributed by atoms with Crippen molar-refractivity contribution in [3.63, 3.8) is 0 Å². The summed E-state index contributed by atoms with van der Waals surface area (Å²) in [5.41, 5.74) is -0.0587. The molecule has 4 atom stereocenters. The number of benzene rings is 3. The molecular formula is C37H39N5O5Si. The maximum atomic E-state index is 12.9. The first-order valence-corrected chi connectivity index (χ1v) is 17.7. The smallest absolute Gasteiger partial charge is 0.261 e. The van der Waals surface area contributed by atoms with Crippen molar-refractivity contribution in [2.24, 2.45) is 0 Å². The van der Waals surface area contributed by atoms with E-state index >= 15 is 0 Å². The third-order valence-corrected chi connectivity index (χ3v) is 14.0. The topological polar surface area (TPSA) is 121 Å². The number of hydrogen-bond donors (Lipinski definition) is 2. The number of fused-ring (bicyclic) bond motifs is 1. The Morgan fingerprint density at radius 2 is 1.60 bits per heavy atom. The number of ether oxygens (including phenoxy) is 2. The predicted octanol–water partition coefficient (Wildman–Crippen LogP) is 4.32. The average molecular weight is 662 g/mol. The van der Waals surface area contributed by atoms with E-state index in [9.17, 15) is 9.90 Å². The average Bonchev–Trinajstić information content (AvgIpc) is 3.64. The quantitative estimate of drug-likeness (QED) is 0.168. The van der Waals surface area contributed by atoms with Gasteiger partial charge in [0.25, 0.3) is 14.2 Å². The predicted molar refractivity (Wildman–Crippen MR) is 186 cm³/mol. The standard InChI is InChI=1S/C37H39N5O5Si/c1-6-22-37(23-46-48(36(2,3)4,27-18-12-8-13-19-27)28-20-14-9-15-21-28)31(45-5)30(43)35(47-37)42-25-40-29-32(38-24-39-33(29)42)41-34(44)26-16-10-7-11-17-26/h1,7-21,24-25,30-31,35,43H,22-23H2,2-5H3,(H,38,39,41,44)/t30-,31+,35-,37-/m1/s1. The number of nitrogens with one attached hydrogen (secondary N) is 1. The summed E-state index contributed by atoms with van der Waals surface area (Å²) < 4.78 is 21.6. The Kier molecular flexibility index (Phi) is 9.29. The minimum atomic E-state index is -3.01. The highest BCUT2D eigenvalue weighted by molar-refractivity contribution is 6.99. The molecule has 0 aliphatic carbocycles. The van der Waals surface area contributed by atoms with Crippen molar-refractivity contribution in [2.45, 2.75) is 56.3 Å². The van der Waals surface area contributed by atoms with Gasteiger partial charge in [-0.15, -0.1) is 12.3 Å². The van der Waals surface area contributed by atoms with Gasteiger partial charge in [-0.25, -0.2) is 15.0 Å². The zero-order valence-corrected chi connectivity index (χ0v) is 28.4. The molecule has 6 rings (SSSR count). The molecule has 11 heteroatoms. The minimum Gasteiger partial charge on any atom is -0.404 e. The van der Waals surface area contributed by atoms with Crippen LogP contribution in [0.2, 0.25) is 5.04 Å². The summed E-state index contributed by atoms with van der Waals surface area (Å²) in [5.74, 6) is 2.65. The molecule has 2 N–H and O–H groups in total. The van der Waals surface area contributed by atoms with Gasteiger partial charge >= 0.3 is 0 Å². The lowest BCUT2D eigenvalue weighted by Gasteiger charge is -2.45. The molecule has 3 heterocycles. The number of aliphatic hydroxyl groups is 1. The number of carbonyl (C=O) groups is 1. The monoisotopic (exact) mass is 661 g/mol. The summed E-state index contributed by atoms with van der Waals surface area (Å²) in [6, 6.07) is 29.4. The molecule has 5 aromatic rings. The fraction of sp³-hybridized carbons (Fsp3) is 0.297. The van der Waals surface area contributed by atoms with E-state index in [0.717, 1.165) is 10.4 Å². The molecule has 1 saturated heterocycles. The summed E-state index contributed by atoms with van der Waals surface area (Å²) in [4.78, 5) is 26.1. The number of methoxy groups -OCH3 is 1. The molecule has 0 spiro atoms. The highest BCUT2D eigenvalue weighted by Crippen LogP contribution is 2.44. The van der Waals surface area contributed by atoms with E-state index in [-0.39, 0.29) is 29.8 Å². The van der Waals surface area contributed by atoms with Crippen molar-refractivity contribution in [1.29, 1.82) is 0 Å². The molecule has 246 valence electrons. The lowest BCUT2D eigenvalue weighted by Crippen LogP contribution is -2.68. The van der Waals surface area contributed by atoms with Crippen LogP contribution in [0.1, 0.15) is 43.8 Å². The number of aliphatic hydroxyl groups excluding tert-OH is 1. The SMILES string of the molecule is C#CC[C@]1(CO[Si](c2ccccc2)(c2ccccc2)C(C)(C)C)O[C@@H](n2cnc3c(NC(=O)c4ccccc4)ncnc32)[C@H](O)[C@@H]1OC. The minimum absolute atomic E-state index is 0.0521. The first-order valence-electron chi connectivity index (χ1n) is 15.8. The Morgan fingerprint density at radius 1 is 1.00 bits per heavy atom. The van der Waals surface area contributed by atoms with Crippen LogP contribution in [0, 0.1) is 12.3 Å². The lowest BCUT2D eigenvalue weighted by molar-refractivity contribution is -0.127. The molecule has 1 amide bonds. The van der Waals surface area contributed by atoms with Crippen LogP contribution in [0.25, 0.3) is 11.2 Å². The van der Waals surface area contributed by atoms with Crippen LogP contribution < -0.4 is 15.7 Å². The molecule has 0 bridgehead atoms. The molecule has 1 aliphatic heterocycles. The Balaban J connectivity index is 1.37. The summed E-state index contributed by atoms with van der Waals surface area (Å²) in [5, 5.41) is 16.5. The second kappa shape index (κ2) is 13.4.